The molecule has 0 aliphatic heterocycles. The van der Waals surface area contributed by atoms with Crippen molar-refractivity contribution in [1.82, 2.24) is 0 Å². The van der Waals surface area contributed by atoms with E-state index in [2.05, 4.69) is 93.5 Å². The van der Waals surface area contributed by atoms with Crippen LogP contribution >= 0.6 is 0 Å². The minimum atomic E-state index is 0. The van der Waals surface area contributed by atoms with E-state index in [1.807, 2.05) is 12.2 Å². The smallest absolute Gasteiger partial charge is 0.273 e. The van der Waals surface area contributed by atoms with Crippen molar-refractivity contribution in [3.8, 4) is 0 Å². The number of hydrogen-bond acceptors (Lipinski definition) is 0. The van der Waals surface area contributed by atoms with Gasteiger partial charge in [0.15, 0.2) is 0 Å². The van der Waals surface area contributed by atoms with E-state index in [1.54, 1.807) is 0 Å². The van der Waals surface area contributed by atoms with Crippen LogP contribution in [0.5, 0.6) is 0 Å². The molecule has 1 heteroatoms. The molecule has 0 spiro atoms. The molecule has 0 aromatic rings. The van der Waals surface area contributed by atoms with E-state index in [0.29, 0.717) is 0 Å². The quantitative estimate of drug-likeness (QED) is 0.350. The van der Waals surface area contributed by atoms with Gasteiger partial charge in [-0.2, -0.15) is 28.4 Å². The first-order valence-electron chi connectivity index (χ1n) is 11.3. The van der Waals surface area contributed by atoms with E-state index >= 15 is 0 Å². The van der Waals surface area contributed by atoms with Crippen LogP contribution in [0.3, 0.4) is 0 Å². The molecule has 1 radical (unpaired) electrons. The average molecular weight is 483 g/mol. The van der Waals surface area contributed by atoms with Gasteiger partial charge >= 0.3 is 26.2 Å². The van der Waals surface area contributed by atoms with Crippen molar-refractivity contribution >= 4 is 0 Å². The Kier molecular flexibility index (Phi) is 12.7. The molecule has 0 N–H and O–H groups in total. The van der Waals surface area contributed by atoms with Crippen LogP contribution in [-0.4, -0.2) is 0 Å². The Morgan fingerprint density at radius 3 is 1.33 bits per heavy atom. The molecule has 0 unspecified atom stereocenters. The number of rotatable bonds is 4. The molecule has 0 saturated heterocycles. The van der Waals surface area contributed by atoms with Crippen LogP contribution in [-0.2, 0) is 26.2 Å². The van der Waals surface area contributed by atoms with Gasteiger partial charge in [0, 0.05) is 0 Å². The zero-order chi connectivity index (χ0) is 22.2. The maximum Gasteiger partial charge on any atom is 3.00 e. The third kappa shape index (κ3) is 8.11. The summed E-state index contributed by atoms with van der Waals surface area (Å²) in [5.74, 6) is 0. The first-order valence-corrected chi connectivity index (χ1v) is 11.3. The predicted octanol–water partition coefficient (Wildman–Crippen LogP) is 9.09. The van der Waals surface area contributed by atoms with Gasteiger partial charge in [0.2, 0.25) is 0 Å². The van der Waals surface area contributed by atoms with Crippen LogP contribution in [0, 0.1) is 29.1 Å². The van der Waals surface area contributed by atoms with E-state index < -0.39 is 0 Å². The normalized spacial score (nSPS) is 20.2. The standard InChI is InChI=1S/2C12H19.C5H5.Zr/c2*1-6-7-11-8-12(4,5)10(3)9(11)2;1-2-4-5-3-1;/h2*6-7H2,1-5H3;1-3H,4H2;/q3*-1;+3. The van der Waals surface area contributed by atoms with Crippen molar-refractivity contribution in [2.75, 3.05) is 0 Å². The molecule has 3 aliphatic rings. The fraction of sp³-hybridized carbons (Fsp3) is 0.586. The Hall–Kier alpha value is -0.677. The van der Waals surface area contributed by atoms with Gasteiger partial charge in [-0.3, -0.25) is 18.2 Å². The molecule has 0 bridgehead atoms. The summed E-state index contributed by atoms with van der Waals surface area (Å²) in [5.41, 5.74) is 9.20. The minimum Gasteiger partial charge on any atom is -0.273 e. The van der Waals surface area contributed by atoms with Crippen LogP contribution in [0.4, 0.5) is 0 Å². The molecule has 0 nitrogen and oxygen atoms in total. The summed E-state index contributed by atoms with van der Waals surface area (Å²) >= 11 is 0. The molecule has 0 aromatic heterocycles. The maximum absolute atomic E-state index is 3.57. The first kappa shape index (κ1) is 29.3. The molecule has 0 amide bonds. The van der Waals surface area contributed by atoms with Crippen molar-refractivity contribution in [1.29, 1.82) is 0 Å². The van der Waals surface area contributed by atoms with Crippen molar-refractivity contribution in [3.63, 3.8) is 0 Å². The van der Waals surface area contributed by atoms with Crippen LogP contribution in [0.25, 0.3) is 0 Å². The summed E-state index contributed by atoms with van der Waals surface area (Å²) in [6.07, 6.45) is 22.0. The first-order chi connectivity index (χ1) is 13.5. The third-order valence-corrected chi connectivity index (χ3v) is 6.42. The van der Waals surface area contributed by atoms with Crippen molar-refractivity contribution in [2.24, 2.45) is 10.8 Å². The predicted molar refractivity (Wildman–Crippen MR) is 129 cm³/mol. The SMILES string of the molecule is CCCC1=[C-]C(C)(C)C(C)=C1C.CCCC1=[C-]C(C)(C)C(C)=C1C.[C-]1=CC=CC1.[Zr+3]. The van der Waals surface area contributed by atoms with Crippen LogP contribution < -0.4 is 0 Å². The Balaban J connectivity index is 0.000000445. The van der Waals surface area contributed by atoms with E-state index in [9.17, 15) is 0 Å². The van der Waals surface area contributed by atoms with E-state index in [-0.39, 0.29) is 37.0 Å². The van der Waals surface area contributed by atoms with Gasteiger partial charge in [-0.05, 0) is 0 Å². The largest absolute Gasteiger partial charge is 3.00 e. The maximum atomic E-state index is 3.57. The second-order valence-corrected chi connectivity index (χ2v) is 9.46. The number of hydrogen-bond donors (Lipinski definition) is 0. The molecule has 0 saturated carbocycles. The second-order valence-electron chi connectivity index (χ2n) is 9.46. The van der Waals surface area contributed by atoms with Crippen LogP contribution in [0.15, 0.2) is 51.7 Å². The molecular weight excluding hydrogens is 440 g/mol. The zero-order valence-corrected chi connectivity index (χ0v) is 23.7. The molecule has 163 valence electrons. The van der Waals surface area contributed by atoms with Crippen LogP contribution in [0.1, 0.15) is 101 Å². The molecule has 0 atom stereocenters. The van der Waals surface area contributed by atoms with Crippen molar-refractivity contribution in [3.05, 3.63) is 69.9 Å². The third-order valence-electron chi connectivity index (χ3n) is 6.42. The van der Waals surface area contributed by atoms with Crippen molar-refractivity contribution < 1.29 is 26.2 Å². The second kappa shape index (κ2) is 13.0. The summed E-state index contributed by atoms with van der Waals surface area (Å²) in [6.45, 7) is 22.3. The Bertz CT molecular complexity index is 681. The van der Waals surface area contributed by atoms with Gasteiger partial charge in [-0.15, -0.1) is 20.3 Å². The van der Waals surface area contributed by atoms with Gasteiger partial charge in [-0.25, -0.2) is 23.3 Å². The Morgan fingerprint density at radius 2 is 1.17 bits per heavy atom. The Morgan fingerprint density at radius 1 is 0.767 bits per heavy atom. The molecule has 3 aliphatic carbocycles. The minimum absolute atomic E-state index is 0. The number of allylic oxidation sites excluding steroid dienone is 12. The summed E-state index contributed by atoms with van der Waals surface area (Å²) in [7, 11) is 0. The average Bonchev–Trinajstić information content (AvgIpc) is 3.33. The summed E-state index contributed by atoms with van der Waals surface area (Å²) in [5, 5.41) is 0. The van der Waals surface area contributed by atoms with Gasteiger partial charge in [-0.1, -0.05) is 91.9 Å². The van der Waals surface area contributed by atoms with E-state index in [4.69, 9.17) is 0 Å². The molecule has 0 fully saturated rings. The topological polar surface area (TPSA) is 0 Å². The molecule has 0 aromatic carbocycles. The van der Waals surface area contributed by atoms with Gasteiger partial charge < -0.3 is 0 Å². The fourth-order valence-corrected chi connectivity index (χ4v) is 3.86. The fourth-order valence-electron chi connectivity index (χ4n) is 3.86. The zero-order valence-electron chi connectivity index (χ0n) is 21.3. The van der Waals surface area contributed by atoms with Gasteiger partial charge in [0.05, 0.1) is 0 Å². The van der Waals surface area contributed by atoms with Crippen LogP contribution in [0.2, 0.25) is 0 Å². The van der Waals surface area contributed by atoms with Gasteiger partial charge in [0.25, 0.3) is 0 Å². The molecule has 0 heterocycles. The molecule has 3 rings (SSSR count). The molecule has 30 heavy (non-hydrogen) atoms. The molecular formula is C29H43Zr. The Labute approximate surface area is 207 Å². The van der Waals surface area contributed by atoms with Crippen molar-refractivity contribution in [2.45, 2.75) is 101 Å². The van der Waals surface area contributed by atoms with E-state index in [0.717, 1.165) is 6.42 Å². The monoisotopic (exact) mass is 481 g/mol. The van der Waals surface area contributed by atoms with E-state index in [1.165, 1.54) is 59.1 Å². The summed E-state index contributed by atoms with van der Waals surface area (Å²) in [6, 6.07) is 0. The summed E-state index contributed by atoms with van der Waals surface area (Å²) < 4.78 is 0. The van der Waals surface area contributed by atoms with Gasteiger partial charge in [0.1, 0.15) is 0 Å². The summed E-state index contributed by atoms with van der Waals surface area (Å²) in [4.78, 5) is 0.